The van der Waals surface area contributed by atoms with Crippen LogP contribution in [0.15, 0.2) is 54.9 Å². The van der Waals surface area contributed by atoms with Gasteiger partial charge in [-0.05, 0) is 36.2 Å². The van der Waals surface area contributed by atoms with Gasteiger partial charge in [0.2, 0.25) is 0 Å². The summed E-state index contributed by atoms with van der Waals surface area (Å²) in [6, 6.07) is 13.0. The molecule has 0 amide bonds. The Labute approximate surface area is 138 Å². The molecule has 0 aliphatic heterocycles. The number of nitrogens with one attached hydrogen (secondary N) is 2. The van der Waals surface area contributed by atoms with E-state index < -0.39 is 11.6 Å². The van der Waals surface area contributed by atoms with Crippen LogP contribution in [0.2, 0.25) is 0 Å². The number of hydrogen-bond acceptors (Lipinski definition) is 4. The van der Waals surface area contributed by atoms with Crippen molar-refractivity contribution in [2.45, 2.75) is 13.3 Å². The maximum absolute atomic E-state index is 13.7. The molecular weight excluding hydrogens is 310 g/mol. The van der Waals surface area contributed by atoms with E-state index in [1.807, 2.05) is 24.3 Å². The summed E-state index contributed by atoms with van der Waals surface area (Å²) in [7, 11) is 0. The van der Waals surface area contributed by atoms with Crippen LogP contribution < -0.4 is 10.6 Å². The van der Waals surface area contributed by atoms with E-state index >= 15 is 0 Å². The van der Waals surface area contributed by atoms with Gasteiger partial charge in [-0.15, -0.1) is 0 Å². The van der Waals surface area contributed by atoms with E-state index in [2.05, 4.69) is 27.5 Å². The predicted molar refractivity (Wildman–Crippen MR) is 90.8 cm³/mol. The minimum atomic E-state index is -0.682. The molecule has 122 valence electrons. The summed E-state index contributed by atoms with van der Waals surface area (Å²) in [5, 5.41) is 5.97. The lowest BCUT2D eigenvalue weighted by Gasteiger charge is -2.09. The highest BCUT2D eigenvalue weighted by molar-refractivity contribution is 5.63. The Hall–Kier alpha value is -3.02. The first-order valence-electron chi connectivity index (χ1n) is 7.54. The molecule has 0 aliphatic rings. The summed E-state index contributed by atoms with van der Waals surface area (Å²) in [5.41, 5.74) is 2.29. The number of anilines is 4. The summed E-state index contributed by atoms with van der Waals surface area (Å²) < 4.78 is 26.6. The van der Waals surface area contributed by atoms with Gasteiger partial charge < -0.3 is 10.6 Å². The fourth-order valence-electron chi connectivity index (χ4n) is 2.19. The molecule has 0 spiro atoms. The third-order valence-electron chi connectivity index (χ3n) is 3.50. The lowest BCUT2D eigenvalue weighted by Crippen LogP contribution is -2.00. The topological polar surface area (TPSA) is 49.8 Å². The van der Waals surface area contributed by atoms with Gasteiger partial charge in [-0.2, -0.15) is 0 Å². The molecule has 0 fully saturated rings. The van der Waals surface area contributed by atoms with E-state index in [9.17, 15) is 8.78 Å². The second kappa shape index (κ2) is 7.04. The Morgan fingerprint density at radius 1 is 0.875 bits per heavy atom. The Morgan fingerprint density at radius 3 is 2.25 bits per heavy atom. The second-order valence-corrected chi connectivity index (χ2v) is 5.21. The molecule has 0 radical (unpaired) electrons. The molecule has 2 N–H and O–H groups in total. The summed E-state index contributed by atoms with van der Waals surface area (Å²) in [5.74, 6) is -0.334. The minimum absolute atomic E-state index is 0.147. The average molecular weight is 326 g/mol. The number of aryl methyl sites for hydroxylation is 1. The van der Waals surface area contributed by atoms with E-state index in [-0.39, 0.29) is 5.69 Å². The summed E-state index contributed by atoms with van der Waals surface area (Å²) in [6.07, 6.45) is 2.34. The first kappa shape index (κ1) is 15.9. The lowest BCUT2D eigenvalue weighted by molar-refractivity contribution is 0.586. The molecule has 6 heteroatoms. The van der Waals surface area contributed by atoms with E-state index in [0.29, 0.717) is 11.6 Å². The molecule has 3 rings (SSSR count). The summed E-state index contributed by atoms with van der Waals surface area (Å²) >= 11 is 0. The van der Waals surface area contributed by atoms with Gasteiger partial charge >= 0.3 is 0 Å². The van der Waals surface area contributed by atoms with Crippen LogP contribution >= 0.6 is 0 Å². The standard InChI is InChI=1S/C18H16F2N4/c1-2-12-3-6-14(7-4-12)23-17-10-18(22-11-21-17)24-16-8-5-13(19)9-15(16)20/h3-11H,2H2,1H3,(H2,21,22,23,24). The van der Waals surface area contributed by atoms with Gasteiger partial charge in [0, 0.05) is 17.8 Å². The van der Waals surface area contributed by atoms with Gasteiger partial charge in [0.05, 0.1) is 5.69 Å². The molecule has 1 heterocycles. The molecule has 1 aromatic heterocycles. The zero-order valence-corrected chi connectivity index (χ0v) is 13.1. The van der Waals surface area contributed by atoms with E-state index in [0.717, 1.165) is 18.2 Å². The second-order valence-electron chi connectivity index (χ2n) is 5.21. The molecule has 0 unspecified atom stereocenters. The van der Waals surface area contributed by atoms with Crippen molar-refractivity contribution in [1.29, 1.82) is 0 Å². The van der Waals surface area contributed by atoms with Gasteiger partial charge in [-0.3, -0.25) is 0 Å². The van der Waals surface area contributed by atoms with Crippen LogP contribution in [0, 0.1) is 11.6 Å². The van der Waals surface area contributed by atoms with Crippen molar-refractivity contribution in [2.75, 3.05) is 10.6 Å². The van der Waals surface area contributed by atoms with Gasteiger partial charge in [0.15, 0.2) is 0 Å². The quantitative estimate of drug-likeness (QED) is 0.707. The van der Waals surface area contributed by atoms with Gasteiger partial charge in [0.25, 0.3) is 0 Å². The van der Waals surface area contributed by atoms with Gasteiger partial charge in [0.1, 0.15) is 29.6 Å². The van der Waals surface area contributed by atoms with Gasteiger partial charge in [-0.25, -0.2) is 18.7 Å². The van der Waals surface area contributed by atoms with Crippen molar-refractivity contribution in [3.8, 4) is 0 Å². The third kappa shape index (κ3) is 3.84. The van der Waals surface area contributed by atoms with Crippen molar-refractivity contribution in [1.82, 2.24) is 9.97 Å². The van der Waals surface area contributed by atoms with Crippen LogP contribution in [-0.2, 0) is 6.42 Å². The molecule has 0 saturated carbocycles. The van der Waals surface area contributed by atoms with Crippen molar-refractivity contribution >= 4 is 23.0 Å². The Kier molecular flexibility index (Phi) is 4.65. The third-order valence-corrected chi connectivity index (χ3v) is 3.50. The first-order valence-corrected chi connectivity index (χ1v) is 7.54. The molecule has 0 aliphatic carbocycles. The van der Waals surface area contributed by atoms with Crippen LogP contribution in [0.25, 0.3) is 0 Å². The summed E-state index contributed by atoms with van der Waals surface area (Å²) in [4.78, 5) is 8.18. The van der Waals surface area contributed by atoms with Crippen LogP contribution in [0.1, 0.15) is 12.5 Å². The average Bonchev–Trinajstić information content (AvgIpc) is 2.58. The number of benzene rings is 2. The molecule has 0 atom stereocenters. The zero-order valence-electron chi connectivity index (χ0n) is 13.1. The van der Waals surface area contributed by atoms with Crippen molar-refractivity contribution in [3.05, 3.63) is 72.1 Å². The van der Waals surface area contributed by atoms with Gasteiger partial charge in [-0.1, -0.05) is 19.1 Å². The summed E-state index contributed by atoms with van der Waals surface area (Å²) in [6.45, 7) is 2.10. The predicted octanol–water partition coefficient (Wildman–Crippen LogP) is 4.80. The van der Waals surface area contributed by atoms with Crippen molar-refractivity contribution in [2.24, 2.45) is 0 Å². The normalized spacial score (nSPS) is 10.5. The zero-order chi connectivity index (χ0) is 16.9. The molecule has 4 nitrogen and oxygen atoms in total. The smallest absolute Gasteiger partial charge is 0.149 e. The first-order chi connectivity index (χ1) is 11.6. The van der Waals surface area contributed by atoms with Crippen molar-refractivity contribution in [3.63, 3.8) is 0 Å². The number of halogens is 2. The Bertz CT molecular complexity index is 835. The van der Waals surface area contributed by atoms with Crippen LogP contribution in [0.4, 0.5) is 31.8 Å². The SMILES string of the molecule is CCc1ccc(Nc2cc(Nc3ccc(F)cc3F)ncn2)cc1. The maximum Gasteiger partial charge on any atom is 0.149 e. The Morgan fingerprint density at radius 2 is 1.58 bits per heavy atom. The fourth-order valence-corrected chi connectivity index (χ4v) is 2.19. The van der Waals surface area contributed by atoms with E-state index in [1.165, 1.54) is 24.0 Å². The number of rotatable bonds is 5. The largest absolute Gasteiger partial charge is 0.340 e. The van der Waals surface area contributed by atoms with E-state index in [4.69, 9.17) is 0 Å². The molecule has 2 aromatic carbocycles. The highest BCUT2D eigenvalue weighted by atomic mass is 19.1. The van der Waals surface area contributed by atoms with E-state index in [1.54, 1.807) is 6.07 Å². The molecule has 3 aromatic rings. The van der Waals surface area contributed by atoms with Crippen LogP contribution in [0.5, 0.6) is 0 Å². The molecule has 0 bridgehead atoms. The monoisotopic (exact) mass is 326 g/mol. The molecule has 0 saturated heterocycles. The van der Waals surface area contributed by atoms with Crippen LogP contribution in [0.3, 0.4) is 0 Å². The van der Waals surface area contributed by atoms with Crippen LogP contribution in [-0.4, -0.2) is 9.97 Å². The fraction of sp³-hybridized carbons (Fsp3) is 0.111. The Balaban J connectivity index is 1.75. The van der Waals surface area contributed by atoms with Crippen molar-refractivity contribution < 1.29 is 8.78 Å². The molecular formula is C18H16F2N4. The maximum atomic E-state index is 13.7. The highest BCUT2D eigenvalue weighted by Gasteiger charge is 2.06. The highest BCUT2D eigenvalue weighted by Crippen LogP contribution is 2.22. The number of nitrogens with zero attached hydrogens (tertiary/aromatic N) is 2. The number of aromatic nitrogens is 2. The lowest BCUT2D eigenvalue weighted by atomic mass is 10.1. The number of hydrogen-bond donors (Lipinski definition) is 2. The molecule has 24 heavy (non-hydrogen) atoms. The minimum Gasteiger partial charge on any atom is -0.340 e.